The molecule has 1 amide bonds. The summed E-state index contributed by atoms with van der Waals surface area (Å²) >= 11 is 1.30. The van der Waals surface area contributed by atoms with Crippen LogP contribution in [0.5, 0.6) is 5.06 Å². The number of likely N-dealkylation sites (tertiary alicyclic amines) is 1. The van der Waals surface area contributed by atoms with Crippen LogP contribution >= 0.6 is 11.3 Å². The number of hydrogen-bond acceptors (Lipinski definition) is 5. The Hall–Kier alpha value is -2.38. The quantitative estimate of drug-likeness (QED) is 0.515. The first-order valence-corrected chi connectivity index (χ1v) is 12.9. The molecule has 1 aliphatic heterocycles. The van der Waals surface area contributed by atoms with Crippen LogP contribution in [0.15, 0.2) is 36.4 Å². The molecule has 0 bridgehead atoms. The van der Waals surface area contributed by atoms with Crippen LogP contribution in [-0.4, -0.2) is 47.7 Å². The Balaban J connectivity index is 1.71. The first-order chi connectivity index (χ1) is 16.0. The second-order valence-corrected chi connectivity index (χ2v) is 10.4. The highest BCUT2D eigenvalue weighted by atomic mass is 32.1. The number of nitrogens with zero attached hydrogens (tertiary/aromatic N) is 2. The summed E-state index contributed by atoms with van der Waals surface area (Å²) in [6, 6.07) is 11.9. The van der Waals surface area contributed by atoms with Gasteiger partial charge in [-0.1, -0.05) is 55.5 Å². The van der Waals surface area contributed by atoms with E-state index in [1.807, 2.05) is 41.3 Å². The fourth-order valence-electron chi connectivity index (χ4n) is 5.12. The number of carboxylic acid groups (broad SMARTS) is 1. The van der Waals surface area contributed by atoms with E-state index in [2.05, 4.69) is 18.7 Å². The van der Waals surface area contributed by atoms with E-state index in [-0.39, 0.29) is 22.9 Å². The zero-order chi connectivity index (χ0) is 23.4. The molecular weight excluding hydrogens is 436 g/mol. The van der Waals surface area contributed by atoms with E-state index < -0.39 is 6.16 Å². The summed E-state index contributed by atoms with van der Waals surface area (Å²) < 4.78 is 5.25. The zero-order valence-corrected chi connectivity index (χ0v) is 20.4. The van der Waals surface area contributed by atoms with Gasteiger partial charge in [0.25, 0.3) is 0 Å². The average molecular weight is 471 g/mol. The van der Waals surface area contributed by atoms with E-state index in [9.17, 15) is 14.7 Å². The van der Waals surface area contributed by atoms with Gasteiger partial charge in [-0.3, -0.25) is 4.79 Å². The minimum atomic E-state index is -1.35. The molecule has 33 heavy (non-hydrogen) atoms. The summed E-state index contributed by atoms with van der Waals surface area (Å²) in [5.41, 5.74) is 1.60. The van der Waals surface area contributed by atoms with Gasteiger partial charge in [-0.05, 0) is 62.6 Å². The van der Waals surface area contributed by atoms with Gasteiger partial charge in [0.15, 0.2) is 0 Å². The number of carbonyl (C=O) groups excluding carboxylic acids is 1. The average Bonchev–Trinajstić information content (AvgIpc) is 3.23. The summed E-state index contributed by atoms with van der Waals surface area (Å²) in [6.45, 7) is 7.30. The lowest BCUT2D eigenvalue weighted by Crippen LogP contribution is -2.49. The van der Waals surface area contributed by atoms with Crippen molar-refractivity contribution in [2.24, 2.45) is 11.8 Å². The van der Waals surface area contributed by atoms with Crippen molar-refractivity contribution < 1.29 is 19.4 Å². The lowest BCUT2D eigenvalue weighted by Gasteiger charge is -2.40. The van der Waals surface area contributed by atoms with Crippen molar-refractivity contribution in [3.8, 4) is 15.5 Å². The maximum atomic E-state index is 14.0. The van der Waals surface area contributed by atoms with E-state index in [0.717, 1.165) is 68.6 Å². The third-order valence-corrected chi connectivity index (χ3v) is 8.20. The Bertz CT molecular complexity index is 944. The maximum absolute atomic E-state index is 14.0. The predicted octanol–water partition coefficient (Wildman–Crippen LogP) is 6.12. The molecule has 1 saturated carbocycles. The van der Waals surface area contributed by atoms with Crippen LogP contribution < -0.4 is 9.64 Å². The number of rotatable bonds is 6. The maximum Gasteiger partial charge on any atom is 0.512 e. The van der Waals surface area contributed by atoms with Gasteiger partial charge in [-0.15, -0.1) is 0 Å². The van der Waals surface area contributed by atoms with Gasteiger partial charge >= 0.3 is 6.16 Å². The first kappa shape index (κ1) is 23.8. The second-order valence-electron chi connectivity index (χ2n) is 9.35. The van der Waals surface area contributed by atoms with Gasteiger partial charge < -0.3 is 19.6 Å². The van der Waals surface area contributed by atoms with Gasteiger partial charge in [0, 0.05) is 29.9 Å². The van der Waals surface area contributed by atoms with Crippen LogP contribution in [0.1, 0.15) is 52.4 Å². The van der Waals surface area contributed by atoms with Crippen LogP contribution in [-0.2, 0) is 4.79 Å². The lowest BCUT2D eigenvalue weighted by atomic mass is 9.82. The highest BCUT2D eigenvalue weighted by Gasteiger charge is 2.37. The van der Waals surface area contributed by atoms with E-state index >= 15 is 0 Å². The lowest BCUT2D eigenvalue weighted by molar-refractivity contribution is -0.124. The van der Waals surface area contributed by atoms with E-state index in [1.54, 1.807) is 0 Å². The molecule has 2 aliphatic rings. The molecule has 0 unspecified atom stereocenters. The first-order valence-electron chi connectivity index (χ1n) is 12.1. The Morgan fingerprint density at radius 3 is 2.36 bits per heavy atom. The molecule has 1 saturated heterocycles. The van der Waals surface area contributed by atoms with Gasteiger partial charge in [0.05, 0.1) is 5.69 Å². The Morgan fingerprint density at radius 2 is 1.76 bits per heavy atom. The van der Waals surface area contributed by atoms with Crippen molar-refractivity contribution in [2.75, 3.05) is 24.5 Å². The Kier molecular flexibility index (Phi) is 7.71. The molecule has 1 aromatic carbocycles. The van der Waals surface area contributed by atoms with Crippen LogP contribution in [0.2, 0.25) is 0 Å². The predicted molar refractivity (Wildman–Crippen MR) is 132 cm³/mol. The monoisotopic (exact) mass is 470 g/mol. The molecular formula is C26H34N2O4S. The standard InChI is InChI=1S/C26H34N2O4S/c1-3-27-15-13-21(14-16-27)28(24(29)20-11-9-18(2)10-12-20)22-17-23(19-7-5-4-6-8-19)33-25(22)32-26(30)31/h4-8,17-18,20-21H,3,9-16H2,1-2H3,(H,30,31). The largest absolute Gasteiger partial charge is 0.512 e. The van der Waals surface area contributed by atoms with E-state index in [0.29, 0.717) is 11.6 Å². The minimum Gasteiger partial charge on any atom is -0.449 e. The number of anilines is 1. The third-order valence-electron chi connectivity index (χ3n) is 7.15. The van der Waals surface area contributed by atoms with Crippen molar-refractivity contribution in [1.29, 1.82) is 0 Å². The number of benzene rings is 1. The molecule has 1 aliphatic carbocycles. The van der Waals surface area contributed by atoms with E-state index in [1.165, 1.54) is 11.3 Å². The molecule has 2 fully saturated rings. The van der Waals surface area contributed by atoms with Crippen molar-refractivity contribution >= 4 is 29.1 Å². The number of hydrogen-bond donors (Lipinski definition) is 1. The van der Waals surface area contributed by atoms with E-state index in [4.69, 9.17) is 4.74 Å². The molecule has 6 nitrogen and oxygen atoms in total. The van der Waals surface area contributed by atoms with Crippen LogP contribution in [0.3, 0.4) is 0 Å². The van der Waals surface area contributed by atoms with Crippen molar-refractivity contribution in [3.63, 3.8) is 0 Å². The van der Waals surface area contributed by atoms with Crippen LogP contribution in [0.25, 0.3) is 10.4 Å². The summed E-state index contributed by atoms with van der Waals surface area (Å²) in [4.78, 5) is 30.7. The molecule has 1 N–H and O–H groups in total. The second kappa shape index (κ2) is 10.7. The van der Waals surface area contributed by atoms with Gasteiger partial charge in [-0.25, -0.2) is 4.79 Å². The summed E-state index contributed by atoms with van der Waals surface area (Å²) in [7, 11) is 0. The summed E-state index contributed by atoms with van der Waals surface area (Å²) in [5.74, 6) is 0.777. The van der Waals surface area contributed by atoms with Gasteiger partial charge in [0.1, 0.15) is 0 Å². The Labute approximate surface area is 200 Å². The molecule has 2 aromatic rings. The smallest absolute Gasteiger partial charge is 0.449 e. The minimum absolute atomic E-state index is 0.0110. The third kappa shape index (κ3) is 5.58. The molecule has 2 heterocycles. The topological polar surface area (TPSA) is 70.1 Å². The molecule has 178 valence electrons. The van der Waals surface area contributed by atoms with Crippen molar-refractivity contribution in [1.82, 2.24) is 4.90 Å². The molecule has 0 radical (unpaired) electrons. The highest BCUT2D eigenvalue weighted by Crippen LogP contribution is 2.45. The summed E-state index contributed by atoms with van der Waals surface area (Å²) in [5, 5.41) is 9.71. The Morgan fingerprint density at radius 1 is 1.09 bits per heavy atom. The number of amides is 1. The van der Waals surface area contributed by atoms with Gasteiger partial charge in [0.2, 0.25) is 11.0 Å². The number of carbonyl (C=O) groups is 2. The molecule has 1 aromatic heterocycles. The van der Waals surface area contributed by atoms with Gasteiger partial charge in [-0.2, -0.15) is 0 Å². The summed E-state index contributed by atoms with van der Waals surface area (Å²) in [6.07, 6.45) is 4.34. The van der Waals surface area contributed by atoms with Crippen molar-refractivity contribution in [2.45, 2.75) is 58.4 Å². The number of thiophene rings is 1. The fourth-order valence-corrected chi connectivity index (χ4v) is 6.12. The SMILES string of the molecule is CCN1CCC(N(C(=O)C2CCC(C)CC2)c2cc(-c3ccccc3)sc2OC(=O)O)CC1. The number of piperidine rings is 1. The zero-order valence-electron chi connectivity index (χ0n) is 19.5. The number of ether oxygens (including phenoxy) is 1. The fraction of sp³-hybridized carbons (Fsp3) is 0.538. The molecule has 7 heteroatoms. The normalized spacial score (nSPS) is 22.1. The van der Waals surface area contributed by atoms with Crippen molar-refractivity contribution in [3.05, 3.63) is 36.4 Å². The molecule has 0 spiro atoms. The van der Waals surface area contributed by atoms with Crippen LogP contribution in [0, 0.1) is 11.8 Å². The molecule has 4 rings (SSSR count). The molecule has 0 atom stereocenters. The highest BCUT2D eigenvalue weighted by molar-refractivity contribution is 7.18. The van der Waals surface area contributed by atoms with Crippen LogP contribution in [0.4, 0.5) is 10.5 Å².